The fourth-order valence-corrected chi connectivity index (χ4v) is 2.99. The summed E-state index contributed by atoms with van der Waals surface area (Å²) in [5, 5.41) is 9.33. The average molecular weight is 340 g/mol. The summed E-state index contributed by atoms with van der Waals surface area (Å²) in [6.45, 7) is 2.44. The van der Waals surface area contributed by atoms with E-state index in [9.17, 15) is 14.7 Å². The number of carboxylic acids is 1. The summed E-state index contributed by atoms with van der Waals surface area (Å²) in [5.74, 6) is -0.997. The smallest absolute Gasteiger partial charge is 0.326 e. The molecule has 0 bridgehead atoms. The van der Waals surface area contributed by atoms with Crippen molar-refractivity contribution in [3.05, 3.63) is 34.3 Å². The lowest BCUT2D eigenvalue weighted by Gasteiger charge is -2.37. The SMILES string of the molecule is CC1CCCN(C(=O)Cc2ccc(Br)cc2)C1C(=O)O. The van der Waals surface area contributed by atoms with Gasteiger partial charge in [0.2, 0.25) is 5.91 Å². The van der Waals surface area contributed by atoms with Crippen molar-refractivity contribution in [2.24, 2.45) is 5.92 Å². The van der Waals surface area contributed by atoms with Crippen LogP contribution in [0.25, 0.3) is 0 Å². The molecule has 5 heteroatoms. The average Bonchev–Trinajstić information content (AvgIpc) is 2.40. The van der Waals surface area contributed by atoms with Crippen LogP contribution in [-0.2, 0) is 16.0 Å². The van der Waals surface area contributed by atoms with E-state index in [1.807, 2.05) is 31.2 Å². The van der Waals surface area contributed by atoms with Gasteiger partial charge < -0.3 is 10.0 Å². The second kappa shape index (κ2) is 6.39. The molecular weight excluding hydrogens is 322 g/mol. The first-order valence-corrected chi connectivity index (χ1v) is 7.55. The number of likely N-dealkylation sites (tertiary alicyclic amines) is 1. The fourth-order valence-electron chi connectivity index (χ4n) is 2.72. The van der Waals surface area contributed by atoms with Gasteiger partial charge in [-0.05, 0) is 36.5 Å². The highest BCUT2D eigenvalue weighted by atomic mass is 79.9. The molecule has 4 nitrogen and oxygen atoms in total. The Hall–Kier alpha value is -1.36. The van der Waals surface area contributed by atoms with Gasteiger partial charge in [-0.25, -0.2) is 4.79 Å². The van der Waals surface area contributed by atoms with E-state index in [1.54, 1.807) is 0 Å². The molecule has 20 heavy (non-hydrogen) atoms. The molecule has 1 aromatic carbocycles. The summed E-state index contributed by atoms with van der Waals surface area (Å²) in [4.78, 5) is 25.3. The molecule has 0 saturated carbocycles. The number of nitrogens with zero attached hydrogens (tertiary/aromatic N) is 1. The predicted octanol–water partition coefficient (Wildman–Crippen LogP) is 2.70. The Balaban J connectivity index is 2.10. The fraction of sp³-hybridized carbons (Fsp3) is 0.467. The quantitative estimate of drug-likeness (QED) is 0.920. The molecule has 0 aromatic heterocycles. The van der Waals surface area contributed by atoms with Crippen LogP contribution < -0.4 is 0 Å². The third-order valence-corrected chi connectivity index (χ3v) is 4.30. The van der Waals surface area contributed by atoms with E-state index in [0.717, 1.165) is 22.9 Å². The van der Waals surface area contributed by atoms with Crippen LogP contribution in [0.2, 0.25) is 0 Å². The number of rotatable bonds is 3. The number of carboxylic acid groups (broad SMARTS) is 1. The summed E-state index contributed by atoms with van der Waals surface area (Å²) in [6.07, 6.45) is 1.99. The summed E-state index contributed by atoms with van der Waals surface area (Å²) in [5.41, 5.74) is 0.903. The lowest BCUT2D eigenvalue weighted by molar-refractivity contribution is -0.154. The van der Waals surface area contributed by atoms with Crippen LogP contribution in [0.15, 0.2) is 28.7 Å². The Bertz CT molecular complexity index is 500. The van der Waals surface area contributed by atoms with Gasteiger partial charge in [-0.3, -0.25) is 4.79 Å². The molecule has 1 N–H and O–H groups in total. The molecule has 1 aliphatic heterocycles. The van der Waals surface area contributed by atoms with E-state index in [1.165, 1.54) is 4.90 Å². The maximum atomic E-state index is 12.4. The molecule has 2 atom stereocenters. The molecule has 1 heterocycles. The Morgan fingerprint density at radius 3 is 2.60 bits per heavy atom. The third-order valence-electron chi connectivity index (χ3n) is 3.78. The van der Waals surface area contributed by atoms with Crippen molar-refractivity contribution in [1.29, 1.82) is 0 Å². The summed E-state index contributed by atoms with van der Waals surface area (Å²) < 4.78 is 0.962. The number of piperidine rings is 1. The van der Waals surface area contributed by atoms with Crippen molar-refractivity contribution in [3.63, 3.8) is 0 Å². The standard InChI is InChI=1S/C15H18BrNO3/c1-10-3-2-8-17(14(10)15(19)20)13(18)9-11-4-6-12(16)7-5-11/h4-7,10,14H,2-3,8-9H2,1H3,(H,19,20). The van der Waals surface area contributed by atoms with Gasteiger partial charge in [-0.1, -0.05) is 35.0 Å². The summed E-state index contributed by atoms with van der Waals surface area (Å²) in [6, 6.07) is 6.84. The maximum Gasteiger partial charge on any atom is 0.326 e. The van der Waals surface area contributed by atoms with Gasteiger partial charge in [0.1, 0.15) is 6.04 Å². The molecule has 108 valence electrons. The van der Waals surface area contributed by atoms with Crippen LogP contribution in [0.1, 0.15) is 25.3 Å². The van der Waals surface area contributed by atoms with Crippen LogP contribution in [0.3, 0.4) is 0 Å². The van der Waals surface area contributed by atoms with E-state index in [2.05, 4.69) is 15.9 Å². The van der Waals surface area contributed by atoms with Gasteiger partial charge in [-0.2, -0.15) is 0 Å². The Morgan fingerprint density at radius 2 is 2.00 bits per heavy atom. The van der Waals surface area contributed by atoms with Crippen LogP contribution >= 0.6 is 15.9 Å². The first-order valence-electron chi connectivity index (χ1n) is 6.75. The second-order valence-electron chi connectivity index (χ2n) is 5.29. The molecule has 0 aliphatic carbocycles. The maximum absolute atomic E-state index is 12.4. The van der Waals surface area contributed by atoms with Gasteiger partial charge in [0, 0.05) is 11.0 Å². The number of halogens is 1. The van der Waals surface area contributed by atoms with E-state index >= 15 is 0 Å². The topological polar surface area (TPSA) is 57.6 Å². The first kappa shape index (κ1) is 15.0. The van der Waals surface area contributed by atoms with Gasteiger partial charge in [-0.15, -0.1) is 0 Å². The highest BCUT2D eigenvalue weighted by Crippen LogP contribution is 2.24. The lowest BCUT2D eigenvalue weighted by Crippen LogP contribution is -2.52. The molecule has 1 aliphatic rings. The van der Waals surface area contributed by atoms with Gasteiger partial charge in [0.15, 0.2) is 0 Å². The molecule has 1 aromatic rings. The van der Waals surface area contributed by atoms with Crippen LogP contribution in [-0.4, -0.2) is 34.5 Å². The number of aliphatic carboxylic acids is 1. The number of benzene rings is 1. The molecule has 1 saturated heterocycles. The van der Waals surface area contributed by atoms with Crippen LogP contribution in [0.4, 0.5) is 0 Å². The number of carbonyl (C=O) groups is 2. The third kappa shape index (κ3) is 3.39. The first-order chi connectivity index (χ1) is 9.49. The van der Waals surface area contributed by atoms with E-state index in [-0.39, 0.29) is 18.2 Å². The largest absolute Gasteiger partial charge is 0.480 e. The van der Waals surface area contributed by atoms with Crippen LogP contribution in [0, 0.1) is 5.92 Å². The van der Waals surface area contributed by atoms with Gasteiger partial charge in [0.25, 0.3) is 0 Å². The number of carbonyl (C=O) groups excluding carboxylic acids is 1. The lowest BCUT2D eigenvalue weighted by atomic mass is 9.90. The predicted molar refractivity (Wildman–Crippen MR) is 79.4 cm³/mol. The minimum atomic E-state index is -0.902. The molecule has 1 fully saturated rings. The van der Waals surface area contributed by atoms with Crippen molar-refractivity contribution >= 4 is 27.8 Å². The number of amides is 1. The van der Waals surface area contributed by atoms with Crippen LogP contribution in [0.5, 0.6) is 0 Å². The van der Waals surface area contributed by atoms with Gasteiger partial charge in [0.05, 0.1) is 6.42 Å². The Morgan fingerprint density at radius 1 is 1.35 bits per heavy atom. The van der Waals surface area contributed by atoms with E-state index in [4.69, 9.17) is 0 Å². The van der Waals surface area contributed by atoms with E-state index in [0.29, 0.717) is 6.54 Å². The van der Waals surface area contributed by atoms with Crippen molar-refractivity contribution in [2.45, 2.75) is 32.2 Å². The van der Waals surface area contributed by atoms with Crippen molar-refractivity contribution in [3.8, 4) is 0 Å². The molecule has 1 amide bonds. The van der Waals surface area contributed by atoms with Gasteiger partial charge >= 0.3 is 5.97 Å². The zero-order valence-electron chi connectivity index (χ0n) is 11.4. The Labute approximate surface area is 126 Å². The molecule has 2 rings (SSSR count). The van der Waals surface area contributed by atoms with E-state index < -0.39 is 12.0 Å². The minimum absolute atomic E-state index is 0.00937. The summed E-state index contributed by atoms with van der Waals surface area (Å²) in [7, 11) is 0. The van der Waals surface area contributed by atoms with Crippen molar-refractivity contribution in [1.82, 2.24) is 4.90 Å². The monoisotopic (exact) mass is 339 g/mol. The molecule has 0 spiro atoms. The zero-order valence-corrected chi connectivity index (χ0v) is 13.0. The Kier molecular flexibility index (Phi) is 4.81. The molecule has 0 radical (unpaired) electrons. The zero-order chi connectivity index (χ0) is 14.7. The normalized spacial score (nSPS) is 22.6. The molecule has 2 unspecified atom stereocenters. The minimum Gasteiger partial charge on any atom is -0.480 e. The number of hydrogen-bond donors (Lipinski definition) is 1. The van der Waals surface area contributed by atoms with Crippen molar-refractivity contribution < 1.29 is 14.7 Å². The second-order valence-corrected chi connectivity index (χ2v) is 6.21. The highest BCUT2D eigenvalue weighted by molar-refractivity contribution is 9.10. The van der Waals surface area contributed by atoms with Crippen molar-refractivity contribution in [2.75, 3.05) is 6.54 Å². The highest BCUT2D eigenvalue weighted by Gasteiger charge is 2.36. The molecular formula is C15H18BrNO3. The summed E-state index contributed by atoms with van der Waals surface area (Å²) >= 11 is 3.35. The number of hydrogen-bond acceptors (Lipinski definition) is 2.